The van der Waals surface area contributed by atoms with Crippen LogP contribution in [-0.2, 0) is 9.59 Å². The highest BCUT2D eigenvalue weighted by atomic mass is 32.2. The monoisotopic (exact) mass is 255 g/mol. The summed E-state index contributed by atoms with van der Waals surface area (Å²) < 4.78 is 0. The Labute approximate surface area is 108 Å². The minimum absolute atomic E-state index is 0.0997. The molecule has 0 radical (unpaired) electrons. The van der Waals surface area contributed by atoms with Crippen LogP contribution < -0.4 is 0 Å². The molecule has 0 saturated carbocycles. The number of hydrogen-bond donors (Lipinski definition) is 0. The Bertz CT molecular complexity index is 313. The van der Waals surface area contributed by atoms with Gasteiger partial charge >= 0.3 is 0 Å². The fourth-order valence-corrected chi connectivity index (χ4v) is 2.72. The highest BCUT2D eigenvalue weighted by Crippen LogP contribution is 2.25. The molecule has 0 aliphatic carbocycles. The summed E-state index contributed by atoms with van der Waals surface area (Å²) >= 11 is 1.53. The molecule has 3 nitrogen and oxygen atoms in total. The molecule has 1 aliphatic rings. The summed E-state index contributed by atoms with van der Waals surface area (Å²) in [6, 6.07) is 0. The van der Waals surface area contributed by atoms with Crippen LogP contribution in [-0.4, -0.2) is 29.0 Å². The van der Waals surface area contributed by atoms with Crippen LogP contribution in [0.15, 0.2) is 11.0 Å². The number of carbonyl (C=O) groups excluding carboxylic acids is 2. The Balaban J connectivity index is 2.32. The lowest BCUT2D eigenvalue weighted by Gasteiger charge is -2.12. The van der Waals surface area contributed by atoms with E-state index in [4.69, 9.17) is 0 Å². The van der Waals surface area contributed by atoms with Gasteiger partial charge in [0.05, 0.1) is 4.91 Å². The number of thioether (sulfide) groups is 1. The quantitative estimate of drug-likeness (QED) is 0.494. The van der Waals surface area contributed by atoms with E-state index < -0.39 is 0 Å². The number of carbonyl (C=O) groups is 2. The third kappa shape index (κ3) is 4.19. The lowest BCUT2D eigenvalue weighted by molar-refractivity contribution is -0.136. The van der Waals surface area contributed by atoms with Crippen molar-refractivity contribution in [3.63, 3.8) is 0 Å². The molecule has 1 heterocycles. The number of imide groups is 1. The van der Waals surface area contributed by atoms with Gasteiger partial charge in [0.25, 0.3) is 11.8 Å². The van der Waals surface area contributed by atoms with E-state index in [0.29, 0.717) is 11.4 Å². The normalized spacial score (nSPS) is 15.6. The van der Waals surface area contributed by atoms with Crippen LogP contribution in [0.2, 0.25) is 0 Å². The molecule has 0 saturated heterocycles. The first-order valence-electron chi connectivity index (χ1n) is 6.41. The molecule has 1 aliphatic heterocycles. The van der Waals surface area contributed by atoms with Gasteiger partial charge in [-0.1, -0.05) is 33.1 Å². The second-order valence-electron chi connectivity index (χ2n) is 4.21. The van der Waals surface area contributed by atoms with Crippen molar-refractivity contribution in [2.24, 2.45) is 0 Å². The van der Waals surface area contributed by atoms with Crippen molar-refractivity contribution in [3.05, 3.63) is 11.0 Å². The summed E-state index contributed by atoms with van der Waals surface area (Å²) in [5, 5.41) is 0. The first kappa shape index (κ1) is 14.3. The van der Waals surface area contributed by atoms with Crippen LogP contribution in [0.5, 0.6) is 0 Å². The minimum atomic E-state index is -0.145. The van der Waals surface area contributed by atoms with Gasteiger partial charge in [0.15, 0.2) is 0 Å². The van der Waals surface area contributed by atoms with Crippen LogP contribution in [0.25, 0.3) is 0 Å². The summed E-state index contributed by atoms with van der Waals surface area (Å²) in [7, 11) is 0. The van der Waals surface area contributed by atoms with Crippen LogP contribution in [0, 0.1) is 0 Å². The lowest BCUT2D eigenvalue weighted by atomic mass is 10.2. The standard InChI is InChI=1S/C13H21NO2S/c1-3-5-6-7-9-17-11-10-12(15)14(8-4-2)13(11)16/h10H,3-9H2,1-2H3. The second-order valence-corrected chi connectivity index (χ2v) is 5.35. The zero-order chi connectivity index (χ0) is 12.7. The molecule has 4 heteroatoms. The topological polar surface area (TPSA) is 37.4 Å². The van der Waals surface area contributed by atoms with Crippen molar-refractivity contribution in [1.82, 2.24) is 4.90 Å². The molecule has 1 rings (SSSR count). The Kier molecular flexibility index (Phi) is 6.34. The minimum Gasteiger partial charge on any atom is -0.274 e. The molecule has 0 N–H and O–H groups in total. The van der Waals surface area contributed by atoms with Gasteiger partial charge in [-0.15, -0.1) is 11.8 Å². The van der Waals surface area contributed by atoms with Crippen molar-refractivity contribution in [2.45, 2.75) is 46.0 Å². The fourth-order valence-electron chi connectivity index (χ4n) is 1.73. The van der Waals surface area contributed by atoms with E-state index >= 15 is 0 Å². The predicted octanol–water partition coefficient (Wildman–Crippen LogP) is 2.96. The van der Waals surface area contributed by atoms with Crippen molar-refractivity contribution < 1.29 is 9.59 Å². The number of unbranched alkanes of at least 4 members (excludes halogenated alkanes) is 3. The number of amides is 2. The van der Waals surface area contributed by atoms with E-state index in [2.05, 4.69) is 6.92 Å². The van der Waals surface area contributed by atoms with Crippen LogP contribution in [0.1, 0.15) is 46.0 Å². The van der Waals surface area contributed by atoms with Gasteiger partial charge in [0.1, 0.15) is 0 Å². The van der Waals surface area contributed by atoms with E-state index in [0.717, 1.165) is 18.6 Å². The molecular formula is C13H21NO2S. The maximum absolute atomic E-state index is 11.8. The highest BCUT2D eigenvalue weighted by molar-refractivity contribution is 8.04. The third-order valence-electron chi connectivity index (χ3n) is 2.68. The van der Waals surface area contributed by atoms with Gasteiger partial charge in [-0.25, -0.2) is 0 Å². The zero-order valence-corrected chi connectivity index (χ0v) is 11.5. The lowest BCUT2D eigenvalue weighted by Crippen LogP contribution is -2.31. The van der Waals surface area contributed by atoms with Crippen LogP contribution >= 0.6 is 11.8 Å². The third-order valence-corrected chi connectivity index (χ3v) is 3.78. The maximum atomic E-state index is 11.8. The molecule has 0 unspecified atom stereocenters. The maximum Gasteiger partial charge on any atom is 0.267 e. The van der Waals surface area contributed by atoms with Crippen molar-refractivity contribution in [1.29, 1.82) is 0 Å². The first-order chi connectivity index (χ1) is 8.20. The number of hydrogen-bond acceptors (Lipinski definition) is 3. The van der Waals surface area contributed by atoms with E-state index in [1.54, 1.807) is 0 Å². The molecule has 0 spiro atoms. The number of rotatable bonds is 8. The molecular weight excluding hydrogens is 234 g/mol. The summed E-state index contributed by atoms with van der Waals surface area (Å²) in [4.78, 5) is 25.3. The Morgan fingerprint density at radius 1 is 1.12 bits per heavy atom. The van der Waals surface area contributed by atoms with Gasteiger partial charge < -0.3 is 0 Å². The Hall–Kier alpha value is -0.770. The summed E-state index contributed by atoms with van der Waals surface area (Å²) in [6.07, 6.45) is 7.09. The van der Waals surface area contributed by atoms with Gasteiger partial charge in [-0.2, -0.15) is 0 Å². The average molecular weight is 255 g/mol. The molecule has 0 bridgehead atoms. The molecule has 17 heavy (non-hydrogen) atoms. The largest absolute Gasteiger partial charge is 0.274 e. The van der Waals surface area contributed by atoms with Gasteiger partial charge in [0, 0.05) is 12.6 Å². The highest BCUT2D eigenvalue weighted by Gasteiger charge is 2.29. The first-order valence-corrected chi connectivity index (χ1v) is 7.39. The second kappa shape index (κ2) is 7.54. The van der Waals surface area contributed by atoms with Gasteiger partial charge in [-0.05, 0) is 18.6 Å². The summed E-state index contributed by atoms with van der Waals surface area (Å²) in [5.74, 6) is 0.690. The Morgan fingerprint density at radius 3 is 2.53 bits per heavy atom. The van der Waals surface area contributed by atoms with Crippen molar-refractivity contribution in [3.8, 4) is 0 Å². The summed E-state index contributed by atoms with van der Waals surface area (Å²) in [5.41, 5.74) is 0. The predicted molar refractivity (Wildman–Crippen MR) is 71.7 cm³/mol. The van der Waals surface area contributed by atoms with E-state index in [1.807, 2.05) is 6.92 Å². The smallest absolute Gasteiger partial charge is 0.267 e. The van der Waals surface area contributed by atoms with E-state index in [-0.39, 0.29) is 11.8 Å². The number of nitrogens with zero attached hydrogens (tertiary/aromatic N) is 1. The fraction of sp³-hybridized carbons (Fsp3) is 0.692. The van der Waals surface area contributed by atoms with Gasteiger partial charge in [0.2, 0.25) is 0 Å². The molecule has 0 atom stereocenters. The van der Waals surface area contributed by atoms with Crippen LogP contribution in [0.4, 0.5) is 0 Å². The average Bonchev–Trinajstić information content (AvgIpc) is 2.57. The van der Waals surface area contributed by atoms with E-state index in [1.165, 1.54) is 42.0 Å². The molecule has 0 aromatic carbocycles. The van der Waals surface area contributed by atoms with Crippen molar-refractivity contribution in [2.75, 3.05) is 12.3 Å². The Morgan fingerprint density at radius 2 is 1.88 bits per heavy atom. The zero-order valence-electron chi connectivity index (χ0n) is 10.7. The molecule has 0 aromatic rings. The molecule has 0 aromatic heterocycles. The molecule has 96 valence electrons. The van der Waals surface area contributed by atoms with Crippen LogP contribution in [0.3, 0.4) is 0 Å². The van der Waals surface area contributed by atoms with Gasteiger partial charge in [-0.3, -0.25) is 14.5 Å². The molecule has 2 amide bonds. The van der Waals surface area contributed by atoms with Crippen molar-refractivity contribution >= 4 is 23.6 Å². The molecule has 0 fully saturated rings. The SMILES string of the molecule is CCCCCCSC1=CC(=O)N(CCC)C1=O. The summed E-state index contributed by atoms with van der Waals surface area (Å²) in [6.45, 7) is 4.68. The van der Waals surface area contributed by atoms with E-state index in [9.17, 15) is 9.59 Å².